The van der Waals surface area contributed by atoms with Crippen molar-refractivity contribution in [3.63, 3.8) is 0 Å². The van der Waals surface area contributed by atoms with Crippen LogP contribution in [0.5, 0.6) is 0 Å². The molecule has 12 heavy (non-hydrogen) atoms. The fraction of sp³-hybridized carbons (Fsp3) is 0.800. The molecular formula is C10H18O2. The second kappa shape index (κ2) is 5.33. The van der Waals surface area contributed by atoms with Gasteiger partial charge in [-0.15, -0.1) is 0 Å². The van der Waals surface area contributed by atoms with Crippen molar-refractivity contribution < 1.29 is 9.84 Å². The molecule has 0 saturated carbocycles. The number of methoxy groups -OCH3 is 1. The number of rotatable bonds is 4. The van der Waals surface area contributed by atoms with E-state index in [1.165, 1.54) is 31.3 Å². The lowest BCUT2D eigenvalue weighted by molar-refractivity contribution is -0.0778. The van der Waals surface area contributed by atoms with Gasteiger partial charge in [0.25, 0.3) is 0 Å². The van der Waals surface area contributed by atoms with E-state index in [1.807, 2.05) is 0 Å². The van der Waals surface area contributed by atoms with Crippen LogP contribution in [0.4, 0.5) is 0 Å². The third-order valence-corrected chi connectivity index (χ3v) is 2.37. The molecule has 0 aliphatic heterocycles. The Hall–Kier alpha value is -0.340. The first-order valence-electron chi connectivity index (χ1n) is 4.71. The zero-order chi connectivity index (χ0) is 8.81. The average molecular weight is 170 g/mol. The molecule has 0 spiro atoms. The van der Waals surface area contributed by atoms with Crippen molar-refractivity contribution in [2.75, 3.05) is 7.11 Å². The van der Waals surface area contributed by atoms with Crippen LogP contribution in [-0.4, -0.2) is 18.5 Å². The molecule has 0 bridgehead atoms. The average Bonchev–Trinajstić information content (AvgIpc) is 2.16. The summed E-state index contributed by atoms with van der Waals surface area (Å²) >= 11 is 0. The van der Waals surface area contributed by atoms with Crippen molar-refractivity contribution in [1.29, 1.82) is 0 Å². The van der Waals surface area contributed by atoms with E-state index >= 15 is 0 Å². The molecule has 1 rings (SSSR count). The number of aliphatic hydroxyl groups excluding tert-OH is 1. The molecule has 0 aromatic carbocycles. The second-order valence-corrected chi connectivity index (χ2v) is 3.34. The van der Waals surface area contributed by atoms with Gasteiger partial charge in [0.15, 0.2) is 6.29 Å². The minimum Gasteiger partial charge on any atom is -0.368 e. The molecule has 0 saturated heterocycles. The lowest BCUT2D eigenvalue weighted by Gasteiger charge is -2.14. The summed E-state index contributed by atoms with van der Waals surface area (Å²) in [5.41, 5.74) is 1.50. The maximum Gasteiger partial charge on any atom is 0.154 e. The molecule has 70 valence electrons. The number of hydrogen-bond donors (Lipinski definition) is 1. The molecule has 0 aromatic heterocycles. The van der Waals surface area contributed by atoms with E-state index in [9.17, 15) is 0 Å². The van der Waals surface area contributed by atoms with Gasteiger partial charge in [-0.1, -0.05) is 11.6 Å². The van der Waals surface area contributed by atoms with Crippen molar-refractivity contribution in [1.82, 2.24) is 0 Å². The van der Waals surface area contributed by atoms with Gasteiger partial charge in [-0.25, -0.2) is 0 Å². The minimum absolute atomic E-state index is 0.576. The highest BCUT2D eigenvalue weighted by Gasteiger charge is 2.06. The summed E-state index contributed by atoms with van der Waals surface area (Å²) in [5.74, 6) is 0. The second-order valence-electron chi connectivity index (χ2n) is 3.34. The van der Waals surface area contributed by atoms with Crippen LogP contribution in [0.2, 0.25) is 0 Å². The van der Waals surface area contributed by atoms with Crippen molar-refractivity contribution in [3.8, 4) is 0 Å². The predicted octanol–water partition coefficient (Wildman–Crippen LogP) is 2.23. The molecule has 0 heterocycles. The van der Waals surface area contributed by atoms with Crippen LogP contribution in [0.1, 0.15) is 38.5 Å². The van der Waals surface area contributed by atoms with Gasteiger partial charge in [-0.2, -0.15) is 0 Å². The summed E-state index contributed by atoms with van der Waals surface area (Å²) < 4.78 is 4.77. The summed E-state index contributed by atoms with van der Waals surface area (Å²) in [5, 5.41) is 9.14. The minimum atomic E-state index is -0.576. The lowest BCUT2D eigenvalue weighted by atomic mass is 9.96. The van der Waals surface area contributed by atoms with E-state index in [0.29, 0.717) is 0 Å². The lowest BCUT2D eigenvalue weighted by Crippen LogP contribution is -2.09. The van der Waals surface area contributed by atoms with Crippen molar-refractivity contribution in [3.05, 3.63) is 11.6 Å². The van der Waals surface area contributed by atoms with Gasteiger partial charge in [0, 0.05) is 13.5 Å². The first-order chi connectivity index (χ1) is 5.83. The van der Waals surface area contributed by atoms with E-state index in [2.05, 4.69) is 6.08 Å². The van der Waals surface area contributed by atoms with E-state index in [1.54, 1.807) is 7.11 Å². The van der Waals surface area contributed by atoms with Crippen LogP contribution in [0.15, 0.2) is 11.6 Å². The van der Waals surface area contributed by atoms with E-state index in [0.717, 1.165) is 12.8 Å². The fourth-order valence-corrected chi connectivity index (χ4v) is 1.56. The Kier molecular flexibility index (Phi) is 4.33. The highest BCUT2D eigenvalue weighted by molar-refractivity contribution is 5.04. The van der Waals surface area contributed by atoms with Gasteiger partial charge in [-0.3, -0.25) is 0 Å². The highest BCUT2D eigenvalue weighted by atomic mass is 16.6. The Morgan fingerprint density at radius 3 is 3.00 bits per heavy atom. The third-order valence-electron chi connectivity index (χ3n) is 2.37. The number of hydrogen-bond acceptors (Lipinski definition) is 2. The fourth-order valence-electron chi connectivity index (χ4n) is 1.56. The van der Waals surface area contributed by atoms with Crippen LogP contribution in [0, 0.1) is 0 Å². The Morgan fingerprint density at radius 1 is 1.58 bits per heavy atom. The molecule has 0 fully saturated rings. The normalized spacial score (nSPS) is 20.3. The molecule has 1 N–H and O–H groups in total. The summed E-state index contributed by atoms with van der Waals surface area (Å²) in [6.45, 7) is 0. The van der Waals surface area contributed by atoms with Gasteiger partial charge >= 0.3 is 0 Å². The SMILES string of the molecule is COC(O)CCC1=CCCCC1. The quantitative estimate of drug-likeness (QED) is 0.518. The molecule has 1 aliphatic carbocycles. The monoisotopic (exact) mass is 170 g/mol. The zero-order valence-corrected chi connectivity index (χ0v) is 7.75. The summed E-state index contributed by atoms with van der Waals surface area (Å²) in [4.78, 5) is 0. The molecule has 1 unspecified atom stereocenters. The van der Waals surface area contributed by atoms with Gasteiger partial charge in [-0.05, 0) is 32.1 Å². The molecule has 2 heteroatoms. The maximum absolute atomic E-state index is 9.14. The summed E-state index contributed by atoms with van der Waals surface area (Å²) in [6.07, 6.45) is 8.55. The first-order valence-corrected chi connectivity index (χ1v) is 4.71. The number of aliphatic hydroxyl groups is 1. The number of allylic oxidation sites excluding steroid dienone is 2. The van der Waals surface area contributed by atoms with Crippen molar-refractivity contribution in [2.45, 2.75) is 44.8 Å². The summed E-state index contributed by atoms with van der Waals surface area (Å²) in [6, 6.07) is 0. The molecular weight excluding hydrogens is 152 g/mol. The molecule has 0 radical (unpaired) electrons. The van der Waals surface area contributed by atoms with E-state index in [4.69, 9.17) is 9.84 Å². The van der Waals surface area contributed by atoms with E-state index in [-0.39, 0.29) is 0 Å². The first kappa shape index (κ1) is 9.75. The molecule has 1 atom stereocenters. The standard InChI is InChI=1S/C10H18O2/c1-12-10(11)8-7-9-5-3-2-4-6-9/h5,10-11H,2-4,6-8H2,1H3. The highest BCUT2D eigenvalue weighted by Crippen LogP contribution is 2.21. The van der Waals surface area contributed by atoms with E-state index < -0.39 is 6.29 Å². The van der Waals surface area contributed by atoms with Gasteiger partial charge in [0.2, 0.25) is 0 Å². The Bertz CT molecular complexity index is 152. The zero-order valence-electron chi connectivity index (χ0n) is 7.75. The molecule has 2 nitrogen and oxygen atoms in total. The van der Waals surface area contributed by atoms with Gasteiger partial charge in [0.05, 0.1) is 0 Å². The van der Waals surface area contributed by atoms with Gasteiger partial charge in [0.1, 0.15) is 0 Å². The molecule has 0 aromatic rings. The number of ether oxygens (including phenoxy) is 1. The Balaban J connectivity index is 2.17. The topological polar surface area (TPSA) is 29.5 Å². The molecule has 1 aliphatic rings. The van der Waals surface area contributed by atoms with Crippen molar-refractivity contribution >= 4 is 0 Å². The smallest absolute Gasteiger partial charge is 0.154 e. The van der Waals surface area contributed by atoms with Crippen LogP contribution in [-0.2, 0) is 4.74 Å². The van der Waals surface area contributed by atoms with Crippen LogP contribution >= 0.6 is 0 Å². The molecule has 0 amide bonds. The van der Waals surface area contributed by atoms with Crippen LogP contribution in [0.3, 0.4) is 0 Å². The maximum atomic E-state index is 9.14. The third kappa shape index (κ3) is 3.37. The van der Waals surface area contributed by atoms with Crippen LogP contribution in [0.25, 0.3) is 0 Å². The summed E-state index contributed by atoms with van der Waals surface area (Å²) in [7, 11) is 1.54. The Morgan fingerprint density at radius 2 is 2.42 bits per heavy atom. The predicted molar refractivity (Wildman–Crippen MR) is 48.8 cm³/mol. The largest absolute Gasteiger partial charge is 0.368 e. The van der Waals surface area contributed by atoms with Crippen molar-refractivity contribution in [2.24, 2.45) is 0 Å². The van der Waals surface area contributed by atoms with Gasteiger partial charge < -0.3 is 9.84 Å². The van der Waals surface area contributed by atoms with Crippen LogP contribution < -0.4 is 0 Å². The Labute approximate surface area is 74.2 Å².